The van der Waals surface area contributed by atoms with Gasteiger partial charge in [-0.05, 0) is 30.7 Å². The lowest BCUT2D eigenvalue weighted by atomic mass is 10.1. The molecule has 3 N–H and O–H groups in total. The molecule has 0 saturated heterocycles. The first-order valence-corrected chi connectivity index (χ1v) is 7.50. The third-order valence-corrected chi connectivity index (χ3v) is 3.25. The monoisotopic (exact) mass is 299 g/mol. The molecule has 1 aromatic heterocycles. The smallest absolute Gasteiger partial charge is 0.261 e. The second kappa shape index (κ2) is 8.14. The highest BCUT2D eigenvalue weighted by Crippen LogP contribution is 2.14. The van der Waals surface area contributed by atoms with E-state index >= 15 is 0 Å². The van der Waals surface area contributed by atoms with Crippen molar-refractivity contribution >= 4 is 5.91 Å². The van der Waals surface area contributed by atoms with Gasteiger partial charge in [-0.1, -0.05) is 37.3 Å². The quantitative estimate of drug-likeness (QED) is 0.682. The fourth-order valence-electron chi connectivity index (χ4n) is 2.10. The number of benzene rings is 1. The van der Waals surface area contributed by atoms with Crippen molar-refractivity contribution in [3.05, 3.63) is 58.4 Å². The van der Waals surface area contributed by atoms with Gasteiger partial charge in [0.05, 0.1) is 0 Å². The van der Waals surface area contributed by atoms with E-state index in [1.54, 1.807) is 12.1 Å². The number of H-pyrrole nitrogens is 1. The molecule has 0 aliphatic rings. The number of pyridine rings is 1. The first-order chi connectivity index (χ1) is 10.7. The van der Waals surface area contributed by atoms with Gasteiger partial charge < -0.3 is 15.6 Å². The van der Waals surface area contributed by atoms with Crippen LogP contribution < -0.4 is 16.2 Å². The number of aromatic nitrogens is 1. The zero-order valence-corrected chi connectivity index (χ0v) is 12.7. The molecule has 0 unspecified atom stereocenters. The van der Waals surface area contributed by atoms with E-state index in [4.69, 9.17) is 0 Å². The number of nitrogens with one attached hydrogen (secondary N) is 3. The number of carbonyl (C=O) groups excluding carboxylic acids is 1. The fraction of sp³-hybridized carbons (Fsp3) is 0.294. The summed E-state index contributed by atoms with van der Waals surface area (Å²) >= 11 is 0. The summed E-state index contributed by atoms with van der Waals surface area (Å²) in [6.07, 6.45) is 1.05. The molecule has 0 aliphatic carbocycles. The maximum absolute atomic E-state index is 12.1. The largest absolute Gasteiger partial charge is 0.351 e. The van der Waals surface area contributed by atoms with Crippen molar-refractivity contribution in [2.45, 2.75) is 13.3 Å². The van der Waals surface area contributed by atoms with Crippen LogP contribution in [0.4, 0.5) is 0 Å². The average Bonchev–Trinajstić information content (AvgIpc) is 2.55. The van der Waals surface area contributed by atoms with Crippen LogP contribution in [0.5, 0.6) is 0 Å². The molecule has 0 fully saturated rings. The van der Waals surface area contributed by atoms with Gasteiger partial charge in [-0.15, -0.1) is 0 Å². The molecular weight excluding hydrogens is 278 g/mol. The minimum atomic E-state index is -0.375. The van der Waals surface area contributed by atoms with Crippen molar-refractivity contribution in [1.82, 2.24) is 15.6 Å². The summed E-state index contributed by atoms with van der Waals surface area (Å²) in [6.45, 7) is 4.19. The van der Waals surface area contributed by atoms with Crippen LogP contribution in [0.25, 0.3) is 11.3 Å². The van der Waals surface area contributed by atoms with Crippen LogP contribution in [0.3, 0.4) is 0 Å². The van der Waals surface area contributed by atoms with E-state index in [9.17, 15) is 9.59 Å². The lowest BCUT2D eigenvalue weighted by Crippen LogP contribution is -2.34. The predicted molar refractivity (Wildman–Crippen MR) is 88.0 cm³/mol. The Hall–Kier alpha value is -2.40. The van der Waals surface area contributed by atoms with Gasteiger partial charge in [0.15, 0.2) is 0 Å². The van der Waals surface area contributed by atoms with E-state index < -0.39 is 0 Å². The molecule has 2 aromatic rings. The molecule has 0 atom stereocenters. The molecule has 22 heavy (non-hydrogen) atoms. The maximum atomic E-state index is 12.1. The van der Waals surface area contributed by atoms with E-state index in [1.165, 1.54) is 0 Å². The Kier molecular flexibility index (Phi) is 5.91. The van der Waals surface area contributed by atoms with E-state index in [0.29, 0.717) is 18.8 Å². The molecule has 5 nitrogen and oxygen atoms in total. The lowest BCUT2D eigenvalue weighted by Gasteiger charge is -2.07. The van der Waals surface area contributed by atoms with Gasteiger partial charge in [0.25, 0.3) is 11.5 Å². The number of aromatic amines is 1. The molecular formula is C17H21N3O2. The number of rotatable bonds is 7. The van der Waals surface area contributed by atoms with E-state index in [2.05, 4.69) is 22.5 Å². The summed E-state index contributed by atoms with van der Waals surface area (Å²) < 4.78 is 0. The zero-order chi connectivity index (χ0) is 15.8. The highest BCUT2D eigenvalue weighted by Gasteiger charge is 2.10. The molecule has 0 saturated carbocycles. The Morgan fingerprint density at radius 2 is 1.82 bits per heavy atom. The molecule has 0 spiro atoms. The fourth-order valence-corrected chi connectivity index (χ4v) is 2.10. The van der Waals surface area contributed by atoms with Gasteiger partial charge in [0.1, 0.15) is 5.56 Å². The van der Waals surface area contributed by atoms with Crippen molar-refractivity contribution in [2.24, 2.45) is 0 Å². The maximum Gasteiger partial charge on any atom is 0.261 e. The summed E-state index contributed by atoms with van der Waals surface area (Å²) in [5.41, 5.74) is 1.37. The Bertz CT molecular complexity index is 665. The molecule has 0 aliphatic heterocycles. The minimum absolute atomic E-state index is 0.134. The normalized spacial score (nSPS) is 10.4. The SMILES string of the molecule is CCCNCCNC(=O)c1ccc(-c2ccccc2)[nH]c1=O. The summed E-state index contributed by atoms with van der Waals surface area (Å²) in [5, 5.41) is 5.92. The van der Waals surface area contributed by atoms with Gasteiger partial charge in [-0.2, -0.15) is 0 Å². The van der Waals surface area contributed by atoms with Crippen molar-refractivity contribution in [2.75, 3.05) is 19.6 Å². The van der Waals surface area contributed by atoms with Gasteiger partial charge >= 0.3 is 0 Å². The molecule has 1 aromatic carbocycles. The van der Waals surface area contributed by atoms with Crippen LogP contribution in [0.15, 0.2) is 47.3 Å². The van der Waals surface area contributed by atoms with E-state index in [1.807, 2.05) is 30.3 Å². The van der Waals surface area contributed by atoms with Crippen molar-refractivity contribution < 1.29 is 4.79 Å². The summed E-state index contributed by atoms with van der Waals surface area (Å²) in [6, 6.07) is 12.8. The molecule has 2 rings (SSSR count). The van der Waals surface area contributed by atoms with Crippen LogP contribution >= 0.6 is 0 Å². The molecule has 0 radical (unpaired) electrons. The topological polar surface area (TPSA) is 74.0 Å². The Balaban J connectivity index is 2.01. The summed E-state index contributed by atoms with van der Waals surface area (Å²) in [7, 11) is 0. The van der Waals surface area contributed by atoms with Crippen molar-refractivity contribution in [3.63, 3.8) is 0 Å². The van der Waals surface area contributed by atoms with Crippen LogP contribution in [0.2, 0.25) is 0 Å². The Labute approximate surface area is 129 Å². The summed E-state index contributed by atoms with van der Waals surface area (Å²) in [5.74, 6) is -0.348. The van der Waals surface area contributed by atoms with E-state index in [-0.39, 0.29) is 17.0 Å². The van der Waals surface area contributed by atoms with Gasteiger partial charge in [-0.3, -0.25) is 9.59 Å². The molecule has 1 heterocycles. The third-order valence-electron chi connectivity index (χ3n) is 3.25. The second-order valence-electron chi connectivity index (χ2n) is 4.99. The highest BCUT2D eigenvalue weighted by molar-refractivity contribution is 5.94. The summed E-state index contributed by atoms with van der Waals surface area (Å²) in [4.78, 5) is 26.8. The molecule has 0 bridgehead atoms. The predicted octanol–water partition coefficient (Wildman–Crippen LogP) is 1.77. The first kappa shape index (κ1) is 16.0. The van der Waals surface area contributed by atoms with Crippen molar-refractivity contribution in [3.8, 4) is 11.3 Å². The van der Waals surface area contributed by atoms with Gasteiger partial charge in [0.2, 0.25) is 0 Å². The number of hydrogen-bond donors (Lipinski definition) is 3. The number of hydrogen-bond acceptors (Lipinski definition) is 3. The minimum Gasteiger partial charge on any atom is -0.351 e. The highest BCUT2D eigenvalue weighted by atomic mass is 16.2. The molecule has 1 amide bonds. The Morgan fingerprint density at radius 1 is 1.05 bits per heavy atom. The van der Waals surface area contributed by atoms with Crippen LogP contribution in [0.1, 0.15) is 23.7 Å². The first-order valence-electron chi connectivity index (χ1n) is 7.50. The van der Waals surface area contributed by atoms with Crippen LogP contribution in [0, 0.1) is 0 Å². The van der Waals surface area contributed by atoms with Gasteiger partial charge in [-0.25, -0.2) is 0 Å². The average molecular weight is 299 g/mol. The zero-order valence-electron chi connectivity index (χ0n) is 12.7. The second-order valence-corrected chi connectivity index (χ2v) is 4.99. The van der Waals surface area contributed by atoms with Gasteiger partial charge in [0, 0.05) is 18.8 Å². The number of amides is 1. The van der Waals surface area contributed by atoms with Crippen molar-refractivity contribution in [1.29, 1.82) is 0 Å². The number of carbonyl (C=O) groups is 1. The molecule has 116 valence electrons. The molecule has 5 heteroatoms. The standard InChI is InChI=1S/C17H21N3O2/c1-2-10-18-11-12-19-16(21)14-8-9-15(20-17(14)22)13-6-4-3-5-7-13/h3-9,18H,2,10-12H2,1H3,(H,19,21)(H,20,22). The van der Waals surface area contributed by atoms with Crippen LogP contribution in [-0.2, 0) is 0 Å². The van der Waals surface area contributed by atoms with E-state index in [0.717, 1.165) is 18.5 Å². The van der Waals surface area contributed by atoms with Crippen LogP contribution in [-0.4, -0.2) is 30.5 Å². The Morgan fingerprint density at radius 3 is 2.50 bits per heavy atom. The lowest BCUT2D eigenvalue weighted by molar-refractivity contribution is 0.0952. The third kappa shape index (κ3) is 4.30.